The Morgan fingerprint density at radius 2 is 1.13 bits per heavy atom. The molecule has 7 aromatic carbocycles. The predicted octanol–water partition coefficient (Wildman–Crippen LogP) is 12.3. The maximum atomic E-state index is 6.45. The van der Waals surface area contributed by atoms with Gasteiger partial charge in [0.1, 0.15) is 16.2 Å². The summed E-state index contributed by atoms with van der Waals surface area (Å²) in [5.74, 6) is 1.87. The van der Waals surface area contributed by atoms with Gasteiger partial charge >= 0.3 is 0 Å². The van der Waals surface area contributed by atoms with Crippen molar-refractivity contribution in [3.63, 3.8) is 0 Å². The molecule has 5 nitrogen and oxygen atoms in total. The molecule has 53 heavy (non-hydrogen) atoms. The normalized spacial score (nSPS) is 12.1. The maximum absolute atomic E-state index is 6.45. The Morgan fingerprint density at radius 3 is 2.02 bits per heavy atom. The highest BCUT2D eigenvalue weighted by Crippen LogP contribution is 2.41. The van der Waals surface area contributed by atoms with Crippen LogP contribution in [0.4, 0.5) is 0 Å². The fraction of sp³-hybridized carbons (Fsp3) is 0.0213. The molecule has 0 amide bonds. The number of para-hydroxylation sites is 1. The van der Waals surface area contributed by atoms with Gasteiger partial charge in [-0.1, -0.05) is 121 Å². The molecule has 0 saturated heterocycles. The lowest BCUT2D eigenvalue weighted by atomic mass is 9.99. The number of fused-ring (bicyclic) bond motifs is 7. The molecule has 248 valence electrons. The summed E-state index contributed by atoms with van der Waals surface area (Å²) in [5, 5.41) is 3.02. The van der Waals surface area contributed by atoms with Gasteiger partial charge in [-0.25, -0.2) is 19.9 Å². The van der Waals surface area contributed by atoms with Crippen LogP contribution in [0.5, 0.6) is 0 Å². The molecule has 0 spiro atoms. The van der Waals surface area contributed by atoms with Crippen LogP contribution < -0.4 is 0 Å². The SMILES string of the molecule is c1ccc(-c2nc(-c3ccc4c(c3)-c3ccccc3C4)nc(-c3cccc4oc5ccc(-c6ccc(-c7nc8ccccc8s7)cc6)cc5c34)n2)cc1. The summed E-state index contributed by atoms with van der Waals surface area (Å²) in [4.78, 5) is 20.2. The first-order valence-electron chi connectivity index (χ1n) is 17.7. The van der Waals surface area contributed by atoms with Crippen LogP contribution in [0.2, 0.25) is 0 Å². The van der Waals surface area contributed by atoms with Gasteiger partial charge in [0, 0.05) is 33.0 Å². The van der Waals surface area contributed by atoms with Crippen molar-refractivity contribution in [3.05, 3.63) is 169 Å². The second-order valence-electron chi connectivity index (χ2n) is 13.4. The summed E-state index contributed by atoms with van der Waals surface area (Å²) in [6, 6.07) is 54.8. The van der Waals surface area contributed by atoms with Gasteiger partial charge in [-0.15, -0.1) is 11.3 Å². The van der Waals surface area contributed by atoms with Crippen molar-refractivity contribution >= 4 is 43.5 Å². The summed E-state index contributed by atoms with van der Waals surface area (Å²) in [6.07, 6.45) is 0.939. The number of rotatable bonds is 5. The van der Waals surface area contributed by atoms with Gasteiger partial charge in [0.15, 0.2) is 17.5 Å². The molecule has 0 radical (unpaired) electrons. The summed E-state index contributed by atoms with van der Waals surface area (Å²) in [5.41, 5.74) is 14.0. The van der Waals surface area contributed by atoms with Crippen molar-refractivity contribution in [2.45, 2.75) is 6.42 Å². The molecule has 11 rings (SSSR count). The van der Waals surface area contributed by atoms with Crippen molar-refractivity contribution < 1.29 is 4.42 Å². The molecular weight excluding hydrogens is 669 g/mol. The number of benzene rings is 7. The highest BCUT2D eigenvalue weighted by Gasteiger charge is 2.21. The van der Waals surface area contributed by atoms with Crippen LogP contribution in [-0.2, 0) is 6.42 Å². The van der Waals surface area contributed by atoms with E-state index in [-0.39, 0.29) is 0 Å². The van der Waals surface area contributed by atoms with Crippen LogP contribution in [0.3, 0.4) is 0 Å². The molecule has 1 aliphatic rings. The quantitative estimate of drug-likeness (QED) is 0.179. The Labute approximate surface area is 308 Å². The lowest BCUT2D eigenvalue weighted by Crippen LogP contribution is -2.00. The highest BCUT2D eigenvalue weighted by molar-refractivity contribution is 7.21. The van der Waals surface area contributed by atoms with E-state index in [2.05, 4.69) is 109 Å². The van der Waals surface area contributed by atoms with Gasteiger partial charge < -0.3 is 4.42 Å². The average molecular weight is 697 g/mol. The number of furan rings is 1. The first-order chi connectivity index (χ1) is 26.2. The molecule has 0 bridgehead atoms. The van der Waals surface area contributed by atoms with E-state index >= 15 is 0 Å². The van der Waals surface area contributed by atoms with Crippen molar-refractivity contribution in [1.29, 1.82) is 0 Å². The second kappa shape index (κ2) is 11.9. The Morgan fingerprint density at radius 1 is 0.434 bits per heavy atom. The van der Waals surface area contributed by atoms with Crippen LogP contribution in [-0.4, -0.2) is 19.9 Å². The van der Waals surface area contributed by atoms with Crippen LogP contribution in [0.15, 0.2) is 162 Å². The van der Waals surface area contributed by atoms with Gasteiger partial charge in [0.25, 0.3) is 0 Å². The number of nitrogens with zero attached hydrogens (tertiary/aromatic N) is 4. The minimum Gasteiger partial charge on any atom is -0.456 e. The Balaban J connectivity index is 1.04. The fourth-order valence-electron chi connectivity index (χ4n) is 7.60. The minimum atomic E-state index is 0.605. The van der Waals surface area contributed by atoms with Crippen molar-refractivity contribution in [1.82, 2.24) is 19.9 Å². The first-order valence-corrected chi connectivity index (χ1v) is 18.5. The van der Waals surface area contributed by atoms with Gasteiger partial charge in [0.05, 0.1) is 10.2 Å². The molecule has 6 heteroatoms. The Hall–Kier alpha value is -6.76. The van der Waals surface area contributed by atoms with Crippen LogP contribution in [0, 0.1) is 0 Å². The molecule has 0 unspecified atom stereocenters. The number of aromatic nitrogens is 4. The number of hydrogen-bond acceptors (Lipinski definition) is 6. The number of hydrogen-bond donors (Lipinski definition) is 0. The van der Waals surface area contributed by atoms with Crippen LogP contribution >= 0.6 is 11.3 Å². The summed E-state index contributed by atoms with van der Waals surface area (Å²) in [7, 11) is 0. The fourth-order valence-corrected chi connectivity index (χ4v) is 8.57. The van der Waals surface area contributed by atoms with Crippen LogP contribution in [0.25, 0.3) is 99.1 Å². The van der Waals surface area contributed by atoms with Gasteiger partial charge in [-0.05, 0) is 76.2 Å². The zero-order chi connectivity index (χ0) is 34.9. The summed E-state index contributed by atoms with van der Waals surface area (Å²) < 4.78 is 7.64. The maximum Gasteiger partial charge on any atom is 0.164 e. The van der Waals surface area contributed by atoms with Gasteiger partial charge in [-0.3, -0.25) is 0 Å². The zero-order valence-corrected chi connectivity index (χ0v) is 29.1. The Bertz CT molecular complexity index is 3000. The first kappa shape index (κ1) is 29.9. The van der Waals surface area contributed by atoms with E-state index in [4.69, 9.17) is 24.4 Å². The molecule has 0 N–H and O–H groups in total. The third-order valence-electron chi connectivity index (χ3n) is 10.2. The molecule has 0 atom stereocenters. The van der Waals surface area contributed by atoms with E-state index in [9.17, 15) is 0 Å². The van der Waals surface area contributed by atoms with Crippen molar-refractivity contribution in [3.8, 4) is 67.0 Å². The van der Waals surface area contributed by atoms with Gasteiger partial charge in [-0.2, -0.15) is 0 Å². The summed E-state index contributed by atoms with van der Waals surface area (Å²) >= 11 is 1.72. The summed E-state index contributed by atoms with van der Waals surface area (Å²) in [6.45, 7) is 0. The lowest BCUT2D eigenvalue weighted by molar-refractivity contribution is 0.669. The molecule has 0 saturated carbocycles. The lowest BCUT2D eigenvalue weighted by Gasteiger charge is -2.10. The Kier molecular flexibility index (Phi) is 6.72. The van der Waals surface area contributed by atoms with E-state index in [0.717, 1.165) is 72.3 Å². The molecule has 0 fully saturated rings. The molecular formula is C47H28N4OS. The van der Waals surface area contributed by atoms with E-state index in [1.807, 2.05) is 48.5 Å². The minimum absolute atomic E-state index is 0.605. The largest absolute Gasteiger partial charge is 0.456 e. The van der Waals surface area contributed by atoms with Crippen molar-refractivity contribution in [2.75, 3.05) is 0 Å². The monoisotopic (exact) mass is 696 g/mol. The topological polar surface area (TPSA) is 64.7 Å². The smallest absolute Gasteiger partial charge is 0.164 e. The second-order valence-corrected chi connectivity index (χ2v) is 14.5. The molecule has 3 heterocycles. The molecule has 0 aliphatic heterocycles. The van der Waals surface area contributed by atoms with E-state index in [1.54, 1.807) is 11.3 Å². The molecule has 10 aromatic rings. The van der Waals surface area contributed by atoms with E-state index in [1.165, 1.54) is 27.0 Å². The average Bonchev–Trinajstić information content (AvgIpc) is 3.94. The van der Waals surface area contributed by atoms with Crippen LogP contribution in [0.1, 0.15) is 11.1 Å². The highest BCUT2D eigenvalue weighted by atomic mass is 32.1. The zero-order valence-electron chi connectivity index (χ0n) is 28.3. The molecule has 1 aliphatic carbocycles. The predicted molar refractivity (Wildman–Crippen MR) is 216 cm³/mol. The van der Waals surface area contributed by atoms with E-state index < -0.39 is 0 Å². The standard InChI is InChI=1S/C47H28N4OS/c1-2-9-29(10-3-1)44-49-45(34-22-21-33-25-32-11-4-5-12-35(32)37(33)27-34)51-46(50-44)36-13-8-15-41-43(36)38-26-31(23-24-40(38)52-41)28-17-19-30(20-18-28)47-48-39-14-6-7-16-42(39)53-47/h1-24,26-27H,25H2. The van der Waals surface area contributed by atoms with Gasteiger partial charge in [0.2, 0.25) is 0 Å². The van der Waals surface area contributed by atoms with E-state index in [0.29, 0.717) is 17.5 Å². The third kappa shape index (κ3) is 5.06. The third-order valence-corrected chi connectivity index (χ3v) is 11.3. The molecule has 3 aromatic heterocycles. The number of thiazole rings is 1. The van der Waals surface area contributed by atoms with Crippen molar-refractivity contribution in [2.24, 2.45) is 0 Å².